The maximum atomic E-state index is 11.9. The van der Waals surface area contributed by atoms with Crippen LogP contribution in [-0.4, -0.2) is 53.2 Å². The molecule has 6 nitrogen and oxygen atoms in total. The second kappa shape index (κ2) is 7.98. The predicted octanol–water partition coefficient (Wildman–Crippen LogP) is 0.509. The van der Waals surface area contributed by atoms with E-state index in [2.05, 4.69) is 21.2 Å². The molecule has 0 heterocycles. The molecule has 0 aliphatic rings. The lowest BCUT2D eigenvalue weighted by Gasteiger charge is -2.20. The zero-order valence-corrected chi connectivity index (χ0v) is 12.7. The van der Waals surface area contributed by atoms with Crippen molar-refractivity contribution in [3.05, 3.63) is 28.2 Å². The lowest BCUT2D eigenvalue weighted by Crippen LogP contribution is -2.42. The Balaban J connectivity index is 2.76. The molecule has 0 aromatic heterocycles. The third kappa shape index (κ3) is 4.59. The molecule has 0 unspecified atom stereocenters. The van der Waals surface area contributed by atoms with Crippen LogP contribution in [0.1, 0.15) is 5.56 Å². The van der Waals surface area contributed by atoms with Gasteiger partial charge in [0.05, 0.1) is 13.2 Å². The molecule has 0 aliphatic carbocycles. The topological polar surface area (TPSA) is 89.9 Å². The van der Waals surface area contributed by atoms with Crippen LogP contribution < -0.4 is 5.32 Å². The Morgan fingerprint density at radius 2 is 1.85 bits per heavy atom. The molecular weight excluding hydrogens is 328 g/mol. The first-order valence-corrected chi connectivity index (χ1v) is 6.87. The van der Waals surface area contributed by atoms with E-state index in [4.69, 9.17) is 10.2 Å². The van der Waals surface area contributed by atoms with Crippen molar-refractivity contribution in [3.63, 3.8) is 0 Å². The minimum Gasteiger partial charge on any atom is -0.395 e. The summed E-state index contributed by atoms with van der Waals surface area (Å²) >= 11 is 3.31. The zero-order valence-electron chi connectivity index (χ0n) is 11.1. The van der Waals surface area contributed by atoms with Crippen LogP contribution in [0.3, 0.4) is 0 Å². The monoisotopic (exact) mass is 344 g/mol. The Labute approximate surface area is 125 Å². The standard InChI is InChI=1S/C13H17BrN2O4/c1-9-8-10(14)2-3-11(9)15-12(19)13(20)16(4-6-17)5-7-18/h2-3,8,17-18H,4-7H2,1H3,(H,15,19). The van der Waals surface area contributed by atoms with Crippen LogP contribution in [0.2, 0.25) is 0 Å². The molecular formula is C13H17BrN2O4. The quantitative estimate of drug-likeness (QED) is 0.679. The second-order valence-corrected chi connectivity index (χ2v) is 5.07. The fourth-order valence-corrected chi connectivity index (χ4v) is 2.12. The number of hydrogen-bond donors (Lipinski definition) is 3. The molecule has 3 N–H and O–H groups in total. The highest BCUT2D eigenvalue weighted by Crippen LogP contribution is 2.20. The fraction of sp³-hybridized carbons (Fsp3) is 0.385. The molecule has 0 radical (unpaired) electrons. The van der Waals surface area contributed by atoms with Gasteiger partial charge in [-0.2, -0.15) is 0 Å². The highest BCUT2D eigenvalue weighted by Gasteiger charge is 2.21. The van der Waals surface area contributed by atoms with E-state index in [-0.39, 0.29) is 26.3 Å². The number of aryl methyl sites for hydroxylation is 1. The minimum absolute atomic E-state index is 0.00608. The van der Waals surface area contributed by atoms with Gasteiger partial charge in [0, 0.05) is 23.2 Å². The third-order valence-corrected chi connectivity index (χ3v) is 3.15. The Bertz CT molecular complexity index is 487. The first kappa shape index (κ1) is 16.6. The second-order valence-electron chi connectivity index (χ2n) is 4.15. The number of rotatable bonds is 5. The molecule has 1 aromatic rings. The van der Waals surface area contributed by atoms with E-state index in [0.29, 0.717) is 5.69 Å². The lowest BCUT2D eigenvalue weighted by atomic mass is 10.2. The van der Waals surface area contributed by atoms with Crippen LogP contribution in [0.5, 0.6) is 0 Å². The summed E-state index contributed by atoms with van der Waals surface area (Å²) in [5.74, 6) is -1.58. The molecule has 0 atom stereocenters. The molecule has 20 heavy (non-hydrogen) atoms. The number of nitrogens with one attached hydrogen (secondary N) is 1. The zero-order chi connectivity index (χ0) is 15.1. The van der Waals surface area contributed by atoms with Crippen LogP contribution >= 0.6 is 15.9 Å². The number of nitrogens with zero attached hydrogens (tertiary/aromatic N) is 1. The van der Waals surface area contributed by atoms with Gasteiger partial charge >= 0.3 is 11.8 Å². The van der Waals surface area contributed by atoms with Gasteiger partial charge in [-0.25, -0.2) is 0 Å². The number of carbonyl (C=O) groups excluding carboxylic acids is 2. The number of carbonyl (C=O) groups is 2. The molecule has 0 bridgehead atoms. The summed E-state index contributed by atoms with van der Waals surface area (Å²) in [5.41, 5.74) is 1.36. The molecule has 110 valence electrons. The van der Waals surface area contributed by atoms with Gasteiger partial charge in [-0.15, -0.1) is 0 Å². The predicted molar refractivity (Wildman–Crippen MR) is 78.3 cm³/mol. The largest absolute Gasteiger partial charge is 0.395 e. The number of aliphatic hydroxyl groups excluding tert-OH is 2. The lowest BCUT2D eigenvalue weighted by molar-refractivity contribution is -0.143. The molecule has 2 amide bonds. The summed E-state index contributed by atoms with van der Waals surface area (Å²) in [4.78, 5) is 24.9. The van der Waals surface area contributed by atoms with E-state index >= 15 is 0 Å². The molecule has 1 rings (SSSR count). The van der Waals surface area contributed by atoms with Gasteiger partial charge in [-0.05, 0) is 30.7 Å². The summed E-state index contributed by atoms with van der Waals surface area (Å²) in [6.07, 6.45) is 0. The number of amides is 2. The molecule has 0 fully saturated rings. The summed E-state index contributed by atoms with van der Waals surface area (Å²) in [6, 6.07) is 5.26. The van der Waals surface area contributed by atoms with Crippen LogP contribution in [-0.2, 0) is 9.59 Å². The van der Waals surface area contributed by atoms with E-state index in [1.807, 2.05) is 13.0 Å². The van der Waals surface area contributed by atoms with Crippen LogP contribution in [0.15, 0.2) is 22.7 Å². The Hall–Kier alpha value is -1.44. The maximum absolute atomic E-state index is 11.9. The molecule has 1 aromatic carbocycles. The molecule has 0 aliphatic heterocycles. The van der Waals surface area contributed by atoms with Gasteiger partial charge in [0.15, 0.2) is 0 Å². The first-order valence-electron chi connectivity index (χ1n) is 6.07. The molecule has 0 saturated carbocycles. The average molecular weight is 345 g/mol. The van der Waals surface area contributed by atoms with E-state index < -0.39 is 11.8 Å². The van der Waals surface area contributed by atoms with Gasteiger partial charge in [0.2, 0.25) is 0 Å². The van der Waals surface area contributed by atoms with Crippen molar-refractivity contribution in [2.24, 2.45) is 0 Å². The van der Waals surface area contributed by atoms with Crippen molar-refractivity contribution in [1.29, 1.82) is 0 Å². The van der Waals surface area contributed by atoms with Crippen molar-refractivity contribution in [1.82, 2.24) is 4.90 Å². The summed E-state index contributed by atoms with van der Waals surface area (Å²) in [5, 5.41) is 20.2. The highest BCUT2D eigenvalue weighted by molar-refractivity contribution is 9.10. The summed E-state index contributed by atoms with van der Waals surface area (Å²) in [6.45, 7) is 1.29. The number of anilines is 1. The summed E-state index contributed by atoms with van der Waals surface area (Å²) in [7, 11) is 0. The van der Waals surface area contributed by atoms with Crippen molar-refractivity contribution in [2.45, 2.75) is 6.92 Å². The third-order valence-electron chi connectivity index (χ3n) is 2.66. The Kier molecular flexibility index (Phi) is 6.63. The average Bonchev–Trinajstić information content (AvgIpc) is 2.40. The van der Waals surface area contributed by atoms with Gasteiger partial charge in [0.1, 0.15) is 0 Å². The van der Waals surface area contributed by atoms with Crippen LogP contribution in [0.25, 0.3) is 0 Å². The van der Waals surface area contributed by atoms with Gasteiger partial charge in [-0.1, -0.05) is 15.9 Å². The first-order chi connectivity index (χ1) is 9.49. The van der Waals surface area contributed by atoms with Crippen molar-refractivity contribution in [2.75, 3.05) is 31.6 Å². The Morgan fingerprint density at radius 1 is 1.25 bits per heavy atom. The van der Waals surface area contributed by atoms with Gasteiger partial charge in [0.25, 0.3) is 0 Å². The highest BCUT2D eigenvalue weighted by atomic mass is 79.9. The van der Waals surface area contributed by atoms with E-state index in [1.165, 1.54) is 0 Å². The molecule has 7 heteroatoms. The minimum atomic E-state index is -0.794. The normalized spacial score (nSPS) is 10.2. The van der Waals surface area contributed by atoms with Crippen molar-refractivity contribution < 1.29 is 19.8 Å². The number of aliphatic hydroxyl groups is 2. The van der Waals surface area contributed by atoms with Crippen molar-refractivity contribution in [3.8, 4) is 0 Å². The number of benzene rings is 1. The molecule has 0 spiro atoms. The summed E-state index contributed by atoms with van der Waals surface area (Å²) < 4.78 is 0.876. The van der Waals surface area contributed by atoms with Gasteiger partial charge < -0.3 is 20.4 Å². The fourth-order valence-electron chi connectivity index (χ4n) is 1.64. The van der Waals surface area contributed by atoms with Crippen molar-refractivity contribution >= 4 is 33.4 Å². The number of halogens is 1. The van der Waals surface area contributed by atoms with E-state index in [9.17, 15) is 9.59 Å². The number of hydrogen-bond acceptors (Lipinski definition) is 4. The van der Waals surface area contributed by atoms with Crippen LogP contribution in [0.4, 0.5) is 5.69 Å². The molecule has 0 saturated heterocycles. The van der Waals surface area contributed by atoms with E-state index in [1.54, 1.807) is 12.1 Å². The smallest absolute Gasteiger partial charge is 0.313 e. The van der Waals surface area contributed by atoms with E-state index in [0.717, 1.165) is 14.9 Å². The Morgan fingerprint density at radius 3 is 2.35 bits per heavy atom. The maximum Gasteiger partial charge on any atom is 0.313 e. The van der Waals surface area contributed by atoms with Gasteiger partial charge in [-0.3, -0.25) is 9.59 Å². The SMILES string of the molecule is Cc1cc(Br)ccc1NC(=O)C(=O)N(CCO)CCO. The van der Waals surface area contributed by atoms with Crippen LogP contribution in [0, 0.1) is 6.92 Å².